The largest absolute Gasteiger partial charge is 0.349 e. The van der Waals surface area contributed by atoms with Crippen LogP contribution in [-0.4, -0.2) is 44.2 Å². The van der Waals surface area contributed by atoms with Crippen molar-refractivity contribution in [2.75, 3.05) is 7.05 Å². The van der Waals surface area contributed by atoms with Gasteiger partial charge in [-0.15, -0.1) is 0 Å². The molecule has 2 heterocycles. The van der Waals surface area contributed by atoms with Crippen LogP contribution in [0.3, 0.4) is 0 Å². The summed E-state index contributed by atoms with van der Waals surface area (Å²) in [5, 5.41) is 7.30. The summed E-state index contributed by atoms with van der Waals surface area (Å²) in [6.07, 6.45) is 5.63. The van der Waals surface area contributed by atoms with Crippen LogP contribution in [0.25, 0.3) is 0 Å². The molecule has 2 aromatic heterocycles. The van der Waals surface area contributed by atoms with Crippen LogP contribution in [0.2, 0.25) is 0 Å². The Kier molecular flexibility index (Phi) is 6.20. The summed E-state index contributed by atoms with van der Waals surface area (Å²) in [5.41, 5.74) is 2.52. The number of pyridine rings is 1. The molecule has 156 valence electrons. The number of nitrogens with zero attached hydrogens (tertiary/aromatic N) is 4. The van der Waals surface area contributed by atoms with Crippen molar-refractivity contribution < 1.29 is 9.59 Å². The highest BCUT2D eigenvalue weighted by Gasteiger charge is 2.21. The van der Waals surface area contributed by atoms with Crippen LogP contribution in [-0.2, 0) is 24.9 Å². The quantitative estimate of drug-likeness (QED) is 0.798. The van der Waals surface area contributed by atoms with E-state index in [4.69, 9.17) is 0 Å². The molecule has 0 saturated heterocycles. The summed E-state index contributed by atoms with van der Waals surface area (Å²) < 4.78 is 3.09. The van der Waals surface area contributed by atoms with E-state index < -0.39 is 5.56 Å². The molecule has 2 amide bonds. The van der Waals surface area contributed by atoms with Gasteiger partial charge in [0.15, 0.2) is 0 Å². The summed E-state index contributed by atoms with van der Waals surface area (Å²) >= 11 is 0. The zero-order valence-electron chi connectivity index (χ0n) is 17.6. The van der Waals surface area contributed by atoms with Crippen LogP contribution in [0.15, 0.2) is 23.1 Å². The number of amides is 2. The molecule has 1 saturated carbocycles. The summed E-state index contributed by atoms with van der Waals surface area (Å²) in [6, 6.07) is 3.28. The van der Waals surface area contributed by atoms with E-state index in [-0.39, 0.29) is 30.0 Å². The van der Waals surface area contributed by atoms with Gasteiger partial charge >= 0.3 is 0 Å². The highest BCUT2D eigenvalue weighted by Crippen LogP contribution is 2.18. The van der Waals surface area contributed by atoms with Gasteiger partial charge < -0.3 is 14.8 Å². The first-order chi connectivity index (χ1) is 13.8. The molecule has 1 fully saturated rings. The molecular formula is C21H29N5O3. The maximum atomic E-state index is 12.7. The number of carbonyl (C=O) groups excluding carboxylic acids is 2. The van der Waals surface area contributed by atoms with Gasteiger partial charge in [0.25, 0.3) is 11.5 Å². The van der Waals surface area contributed by atoms with E-state index in [1.165, 1.54) is 10.6 Å². The normalized spacial score (nSPS) is 14.2. The summed E-state index contributed by atoms with van der Waals surface area (Å²) in [6.45, 7) is 4.18. The maximum Gasteiger partial charge on any atom is 0.263 e. The monoisotopic (exact) mass is 399 g/mol. The van der Waals surface area contributed by atoms with E-state index >= 15 is 0 Å². The Hall–Kier alpha value is -2.90. The number of carbonyl (C=O) groups is 2. The number of hydrogen-bond acceptors (Lipinski definition) is 4. The number of aryl methyl sites for hydroxylation is 2. The van der Waals surface area contributed by atoms with Gasteiger partial charge in [-0.1, -0.05) is 12.8 Å². The molecular weight excluding hydrogens is 370 g/mol. The third-order valence-corrected chi connectivity index (χ3v) is 5.74. The first kappa shape index (κ1) is 20.8. The first-order valence-electron chi connectivity index (χ1n) is 10.0. The molecule has 1 N–H and O–H groups in total. The third kappa shape index (κ3) is 4.58. The third-order valence-electron chi connectivity index (χ3n) is 5.74. The van der Waals surface area contributed by atoms with E-state index in [1.807, 2.05) is 20.9 Å². The molecule has 0 spiro atoms. The predicted molar refractivity (Wildman–Crippen MR) is 110 cm³/mol. The Morgan fingerprint density at radius 3 is 2.59 bits per heavy atom. The first-order valence-corrected chi connectivity index (χ1v) is 10.0. The van der Waals surface area contributed by atoms with Gasteiger partial charge in [-0.05, 0) is 38.8 Å². The summed E-state index contributed by atoms with van der Waals surface area (Å²) in [5.74, 6) is -0.568. The molecule has 8 nitrogen and oxygen atoms in total. The average molecular weight is 399 g/mol. The number of likely N-dealkylation sites (N-methyl/N-ethyl adjacent to an activating group) is 1. The second-order valence-electron chi connectivity index (χ2n) is 7.83. The number of nitrogens with one attached hydrogen (secondary N) is 1. The fourth-order valence-corrected chi connectivity index (χ4v) is 3.81. The zero-order chi connectivity index (χ0) is 21.1. The highest BCUT2D eigenvalue weighted by molar-refractivity contribution is 5.94. The lowest BCUT2D eigenvalue weighted by molar-refractivity contribution is -0.131. The van der Waals surface area contributed by atoms with Crippen molar-refractivity contribution >= 4 is 11.8 Å². The predicted octanol–water partition coefficient (Wildman–Crippen LogP) is 1.53. The van der Waals surface area contributed by atoms with Gasteiger partial charge in [0.05, 0.1) is 5.69 Å². The van der Waals surface area contributed by atoms with Gasteiger partial charge in [-0.2, -0.15) is 5.10 Å². The lowest BCUT2D eigenvalue weighted by Gasteiger charge is -2.18. The standard InChI is InChI=1S/C21H29N5O3/c1-14-18(15(2)25(4)23-14)12-24(3)19(27)13-26-11-7-10-17(21(26)29)20(28)22-16-8-5-6-9-16/h7,10-11,16H,5-6,8-9,12-13H2,1-4H3,(H,22,28). The Morgan fingerprint density at radius 1 is 1.28 bits per heavy atom. The van der Waals surface area contributed by atoms with Crippen LogP contribution < -0.4 is 10.9 Å². The SMILES string of the molecule is Cc1nn(C)c(C)c1CN(C)C(=O)Cn1cccc(C(=O)NC2CCCC2)c1=O. The van der Waals surface area contributed by atoms with Gasteiger partial charge in [0.2, 0.25) is 5.91 Å². The Morgan fingerprint density at radius 2 is 1.97 bits per heavy atom. The molecule has 0 atom stereocenters. The molecule has 1 aliphatic carbocycles. The number of hydrogen-bond donors (Lipinski definition) is 1. The van der Waals surface area contributed by atoms with Crippen LogP contribution in [0.1, 0.15) is 53.0 Å². The highest BCUT2D eigenvalue weighted by atomic mass is 16.2. The van der Waals surface area contributed by atoms with Crippen molar-refractivity contribution in [3.8, 4) is 0 Å². The molecule has 2 aromatic rings. The van der Waals surface area contributed by atoms with Crippen molar-refractivity contribution in [2.24, 2.45) is 7.05 Å². The van der Waals surface area contributed by atoms with Crippen molar-refractivity contribution in [1.82, 2.24) is 24.6 Å². The number of aromatic nitrogens is 3. The van der Waals surface area contributed by atoms with Gasteiger partial charge in [-0.3, -0.25) is 19.1 Å². The minimum absolute atomic E-state index is 0.0776. The Labute approximate surface area is 170 Å². The molecule has 0 radical (unpaired) electrons. The van der Waals surface area contributed by atoms with E-state index in [2.05, 4.69) is 10.4 Å². The average Bonchev–Trinajstić information content (AvgIpc) is 3.27. The van der Waals surface area contributed by atoms with Crippen molar-refractivity contribution in [3.63, 3.8) is 0 Å². The Bertz CT molecular complexity index is 969. The van der Waals surface area contributed by atoms with Gasteiger partial charge in [0, 0.05) is 44.1 Å². The molecule has 0 aliphatic heterocycles. The fraction of sp³-hybridized carbons (Fsp3) is 0.524. The van der Waals surface area contributed by atoms with E-state index in [1.54, 1.807) is 28.9 Å². The van der Waals surface area contributed by atoms with Crippen LogP contribution in [0.5, 0.6) is 0 Å². The van der Waals surface area contributed by atoms with Crippen molar-refractivity contribution in [3.05, 3.63) is 51.2 Å². The lowest BCUT2D eigenvalue weighted by atomic mass is 10.2. The molecule has 1 aliphatic rings. The zero-order valence-corrected chi connectivity index (χ0v) is 17.6. The molecule has 0 aromatic carbocycles. The fourth-order valence-electron chi connectivity index (χ4n) is 3.81. The molecule has 0 bridgehead atoms. The summed E-state index contributed by atoms with van der Waals surface area (Å²) in [4.78, 5) is 39.5. The summed E-state index contributed by atoms with van der Waals surface area (Å²) in [7, 11) is 3.57. The second-order valence-corrected chi connectivity index (χ2v) is 7.83. The van der Waals surface area contributed by atoms with E-state index in [0.29, 0.717) is 6.54 Å². The lowest BCUT2D eigenvalue weighted by Crippen LogP contribution is -2.39. The van der Waals surface area contributed by atoms with E-state index in [0.717, 1.165) is 42.6 Å². The molecule has 0 unspecified atom stereocenters. The topological polar surface area (TPSA) is 89.2 Å². The van der Waals surface area contributed by atoms with Crippen molar-refractivity contribution in [2.45, 2.75) is 58.7 Å². The van der Waals surface area contributed by atoms with Gasteiger partial charge in [0.1, 0.15) is 12.1 Å². The molecule has 8 heteroatoms. The minimum Gasteiger partial charge on any atom is -0.349 e. The van der Waals surface area contributed by atoms with Crippen LogP contribution in [0, 0.1) is 13.8 Å². The second kappa shape index (κ2) is 8.63. The molecule has 29 heavy (non-hydrogen) atoms. The van der Waals surface area contributed by atoms with Gasteiger partial charge in [-0.25, -0.2) is 0 Å². The van der Waals surface area contributed by atoms with Crippen molar-refractivity contribution in [1.29, 1.82) is 0 Å². The smallest absolute Gasteiger partial charge is 0.263 e. The van der Waals surface area contributed by atoms with Crippen LogP contribution >= 0.6 is 0 Å². The molecule has 3 rings (SSSR count). The maximum absolute atomic E-state index is 12.7. The Balaban J connectivity index is 1.69. The van der Waals surface area contributed by atoms with Crippen LogP contribution in [0.4, 0.5) is 0 Å². The van der Waals surface area contributed by atoms with E-state index in [9.17, 15) is 14.4 Å². The minimum atomic E-state index is -0.446. The number of rotatable bonds is 6.